The minimum Gasteiger partial charge on any atom is -0.376 e. The predicted molar refractivity (Wildman–Crippen MR) is 44.1 cm³/mol. The number of carbonyl (C=O) groups is 2. The highest BCUT2D eigenvalue weighted by Gasteiger charge is 2.26. The van der Waals surface area contributed by atoms with E-state index in [1.54, 1.807) is 0 Å². The van der Waals surface area contributed by atoms with Crippen molar-refractivity contribution in [2.75, 3.05) is 7.05 Å². The number of aliphatic hydroxyl groups excluding tert-OH is 1. The van der Waals surface area contributed by atoms with Crippen LogP contribution in [0.25, 0.3) is 0 Å². The second-order valence-electron chi connectivity index (χ2n) is 2.28. The quantitative estimate of drug-likeness (QED) is 0.308. The van der Waals surface area contributed by atoms with Gasteiger partial charge >= 0.3 is 0 Å². The summed E-state index contributed by atoms with van der Waals surface area (Å²) < 4.78 is 0. The third-order valence-corrected chi connectivity index (χ3v) is 1.41. The minimum absolute atomic E-state index is 0.637. The van der Waals surface area contributed by atoms with Crippen molar-refractivity contribution in [1.82, 2.24) is 5.32 Å². The first-order valence-electron chi connectivity index (χ1n) is 3.40. The lowest BCUT2D eigenvalue weighted by molar-refractivity contribution is -0.137. The number of hydrogen-bond acceptors (Lipinski definition) is 5. The summed E-state index contributed by atoms with van der Waals surface area (Å²) in [7, 11) is 1.45. The van der Waals surface area contributed by atoms with E-state index >= 15 is 0 Å². The van der Waals surface area contributed by atoms with Crippen molar-refractivity contribution in [3.05, 3.63) is 0 Å². The topological polar surface area (TPSA) is 78.8 Å². The van der Waals surface area contributed by atoms with E-state index in [0.717, 1.165) is 6.92 Å². The van der Waals surface area contributed by atoms with Gasteiger partial charge in [-0.05, 0) is 13.8 Å². The number of nitrogens with one attached hydrogen (secondary N) is 1. The van der Waals surface area contributed by atoms with Crippen LogP contribution in [0.15, 0.2) is 4.99 Å². The molecule has 2 N–H and O–H groups in total. The monoisotopic (exact) mass is 172 g/mol. The lowest BCUT2D eigenvalue weighted by Crippen LogP contribution is -2.43. The molecule has 0 aromatic carbocycles. The van der Waals surface area contributed by atoms with E-state index < -0.39 is 23.8 Å². The van der Waals surface area contributed by atoms with Gasteiger partial charge in [0.25, 0.3) is 0 Å². The molecule has 0 amide bonds. The van der Waals surface area contributed by atoms with Crippen molar-refractivity contribution in [2.24, 2.45) is 4.99 Å². The van der Waals surface area contributed by atoms with Crippen LogP contribution >= 0.6 is 0 Å². The van der Waals surface area contributed by atoms with Gasteiger partial charge < -0.3 is 5.11 Å². The maximum atomic E-state index is 11.0. The van der Waals surface area contributed by atoms with Crippen LogP contribution in [0.4, 0.5) is 0 Å². The van der Waals surface area contributed by atoms with E-state index in [1.807, 2.05) is 0 Å². The molecule has 0 aromatic rings. The summed E-state index contributed by atoms with van der Waals surface area (Å²) in [4.78, 5) is 24.9. The van der Waals surface area contributed by atoms with E-state index in [-0.39, 0.29) is 0 Å². The number of ketones is 2. The maximum Gasteiger partial charge on any atom is 0.226 e. The summed E-state index contributed by atoms with van der Waals surface area (Å²) in [5, 5.41) is 11.5. The number of likely N-dealkylation sites (N-methyl/N-ethyl adjacent to an activating group) is 1. The Morgan fingerprint density at radius 2 is 2.08 bits per heavy atom. The smallest absolute Gasteiger partial charge is 0.226 e. The molecule has 2 atom stereocenters. The lowest BCUT2D eigenvalue weighted by Gasteiger charge is -2.14. The molecule has 0 rings (SSSR count). The van der Waals surface area contributed by atoms with Gasteiger partial charge in [0.05, 0.1) is 0 Å². The first-order valence-corrected chi connectivity index (χ1v) is 3.40. The number of hydrogen-bond donors (Lipinski definition) is 2. The molecule has 12 heavy (non-hydrogen) atoms. The van der Waals surface area contributed by atoms with Crippen LogP contribution in [-0.4, -0.2) is 42.7 Å². The Morgan fingerprint density at radius 3 is 2.33 bits per heavy atom. The van der Waals surface area contributed by atoms with Crippen LogP contribution in [-0.2, 0) is 9.59 Å². The molecule has 0 aliphatic rings. The average molecular weight is 172 g/mol. The Kier molecular flexibility index (Phi) is 4.31. The van der Waals surface area contributed by atoms with Crippen LogP contribution in [0.1, 0.15) is 6.92 Å². The molecular formula is C7H12N2O3. The van der Waals surface area contributed by atoms with Crippen LogP contribution in [0, 0.1) is 0 Å². The van der Waals surface area contributed by atoms with E-state index in [2.05, 4.69) is 17.0 Å². The molecule has 0 aromatic heterocycles. The average Bonchev–Trinajstić information content (AvgIpc) is 2.05. The van der Waals surface area contributed by atoms with Gasteiger partial charge in [0.15, 0.2) is 11.8 Å². The second-order valence-corrected chi connectivity index (χ2v) is 2.28. The third kappa shape index (κ3) is 2.52. The highest BCUT2D eigenvalue weighted by molar-refractivity contribution is 6.38. The van der Waals surface area contributed by atoms with Gasteiger partial charge in [0.1, 0.15) is 6.23 Å². The summed E-state index contributed by atoms with van der Waals surface area (Å²) in [6.45, 7) is 4.24. The second kappa shape index (κ2) is 4.74. The SMILES string of the molecule is C=NC(C(=O)C(C)=O)C(O)NC. The number of nitrogens with zero attached hydrogens (tertiary/aromatic N) is 1. The highest BCUT2D eigenvalue weighted by Crippen LogP contribution is 1.97. The largest absolute Gasteiger partial charge is 0.376 e. The van der Waals surface area contributed by atoms with Gasteiger partial charge in [-0.3, -0.25) is 19.9 Å². The number of aliphatic hydroxyl groups is 1. The zero-order valence-corrected chi connectivity index (χ0v) is 7.07. The van der Waals surface area contributed by atoms with E-state index in [4.69, 9.17) is 5.11 Å². The fourth-order valence-corrected chi connectivity index (χ4v) is 0.692. The Morgan fingerprint density at radius 1 is 1.58 bits per heavy atom. The highest BCUT2D eigenvalue weighted by atomic mass is 16.3. The van der Waals surface area contributed by atoms with Crippen molar-refractivity contribution in [3.63, 3.8) is 0 Å². The Hall–Kier alpha value is -1.07. The molecule has 2 unspecified atom stereocenters. The predicted octanol–water partition coefficient (Wildman–Crippen LogP) is -1.25. The van der Waals surface area contributed by atoms with Crippen molar-refractivity contribution in [3.8, 4) is 0 Å². The zero-order valence-electron chi connectivity index (χ0n) is 7.07. The number of Topliss-reactive ketones (excluding diaryl/α,β-unsaturated/α-hetero) is 2. The third-order valence-electron chi connectivity index (χ3n) is 1.41. The molecule has 0 fully saturated rings. The zero-order chi connectivity index (χ0) is 9.72. The number of carbonyl (C=O) groups excluding carboxylic acids is 2. The number of rotatable bonds is 5. The first kappa shape index (κ1) is 10.9. The van der Waals surface area contributed by atoms with E-state index in [1.165, 1.54) is 7.05 Å². The lowest BCUT2D eigenvalue weighted by atomic mass is 10.1. The number of aliphatic imine (C=N–C) groups is 1. The van der Waals surface area contributed by atoms with Crippen molar-refractivity contribution < 1.29 is 14.7 Å². The molecule has 0 bridgehead atoms. The van der Waals surface area contributed by atoms with Crippen molar-refractivity contribution >= 4 is 18.3 Å². The van der Waals surface area contributed by atoms with Gasteiger partial charge in [0.2, 0.25) is 5.78 Å². The normalized spacial score (nSPS) is 14.9. The van der Waals surface area contributed by atoms with Crippen LogP contribution in [0.2, 0.25) is 0 Å². The molecule has 5 heteroatoms. The van der Waals surface area contributed by atoms with Gasteiger partial charge in [-0.25, -0.2) is 0 Å². The van der Waals surface area contributed by atoms with Crippen molar-refractivity contribution in [2.45, 2.75) is 19.2 Å². The molecule has 0 saturated heterocycles. The van der Waals surface area contributed by atoms with E-state index in [9.17, 15) is 9.59 Å². The molecule has 5 nitrogen and oxygen atoms in total. The molecule has 0 saturated carbocycles. The Bertz CT molecular complexity index is 203. The molecule has 68 valence electrons. The fraction of sp³-hybridized carbons (Fsp3) is 0.571. The molecular weight excluding hydrogens is 160 g/mol. The Balaban J connectivity index is 4.44. The standard InChI is InChI=1S/C7H12N2O3/c1-4(10)6(11)5(8-2)7(12)9-3/h5,7,9,12H,2H2,1,3H3. The van der Waals surface area contributed by atoms with Crippen LogP contribution < -0.4 is 5.32 Å². The van der Waals surface area contributed by atoms with Gasteiger partial charge in [-0.15, -0.1) is 0 Å². The summed E-state index contributed by atoms with van der Waals surface area (Å²) in [5.74, 6) is -1.38. The molecule has 0 heterocycles. The van der Waals surface area contributed by atoms with E-state index in [0.29, 0.717) is 0 Å². The summed E-state index contributed by atoms with van der Waals surface area (Å²) in [5.41, 5.74) is 0. The van der Waals surface area contributed by atoms with Gasteiger partial charge in [-0.1, -0.05) is 0 Å². The molecule has 0 aliphatic carbocycles. The molecule has 0 aliphatic heterocycles. The van der Waals surface area contributed by atoms with Crippen LogP contribution in [0.5, 0.6) is 0 Å². The van der Waals surface area contributed by atoms with Gasteiger partial charge in [0, 0.05) is 6.92 Å². The first-order chi connectivity index (χ1) is 5.54. The van der Waals surface area contributed by atoms with Crippen molar-refractivity contribution in [1.29, 1.82) is 0 Å². The summed E-state index contributed by atoms with van der Waals surface area (Å²) in [6, 6.07) is -1.10. The summed E-state index contributed by atoms with van der Waals surface area (Å²) >= 11 is 0. The minimum atomic E-state index is -1.15. The van der Waals surface area contributed by atoms with Crippen LogP contribution in [0.3, 0.4) is 0 Å². The molecule has 0 spiro atoms. The Labute approximate surface area is 70.5 Å². The van der Waals surface area contributed by atoms with Gasteiger partial charge in [-0.2, -0.15) is 0 Å². The molecule has 0 radical (unpaired) electrons. The fourth-order valence-electron chi connectivity index (χ4n) is 0.692. The summed E-state index contributed by atoms with van der Waals surface area (Å²) in [6.07, 6.45) is -1.15. The maximum absolute atomic E-state index is 11.0.